The van der Waals surface area contributed by atoms with Crippen LogP contribution in [0.5, 0.6) is 11.5 Å². The van der Waals surface area contributed by atoms with Crippen LogP contribution < -0.4 is 4.74 Å². The van der Waals surface area contributed by atoms with Crippen LogP contribution >= 0.6 is 31.9 Å². The maximum atomic E-state index is 8.92. The second-order valence-corrected chi connectivity index (χ2v) is 6.46. The number of nitrogens with zero attached hydrogens (tertiary/aromatic N) is 1. The molecule has 0 saturated heterocycles. The summed E-state index contributed by atoms with van der Waals surface area (Å²) in [5.41, 5.74) is 1.73. The van der Waals surface area contributed by atoms with Crippen molar-refractivity contribution < 1.29 is 4.74 Å². The van der Waals surface area contributed by atoms with Gasteiger partial charge in [-0.05, 0) is 63.8 Å². The first-order valence-corrected chi connectivity index (χ1v) is 7.77. The zero-order valence-corrected chi connectivity index (χ0v) is 14.3. The largest absolute Gasteiger partial charge is 0.457 e. The summed E-state index contributed by atoms with van der Waals surface area (Å²) in [5.74, 6) is 1.91. The smallest absolute Gasteiger partial charge is 0.130 e. The Hall–Kier alpha value is -1.31. The molecule has 0 heterocycles. The summed E-state index contributed by atoms with van der Waals surface area (Å²) in [7, 11) is 0. The molecule has 0 N–H and O–H groups in total. The van der Waals surface area contributed by atoms with Crippen LogP contribution in [0.3, 0.4) is 0 Å². The van der Waals surface area contributed by atoms with Gasteiger partial charge in [-0.3, -0.25) is 0 Å². The average molecular weight is 395 g/mol. The Morgan fingerprint density at radius 3 is 2.45 bits per heavy atom. The third-order valence-electron chi connectivity index (χ3n) is 2.88. The van der Waals surface area contributed by atoms with Gasteiger partial charge in [-0.25, -0.2) is 0 Å². The average Bonchev–Trinajstić information content (AvgIpc) is 2.41. The molecule has 0 atom stereocenters. The second kappa shape index (κ2) is 6.43. The minimum atomic E-state index is 0.365. The van der Waals surface area contributed by atoms with Gasteiger partial charge < -0.3 is 4.74 Å². The molecule has 0 aromatic heterocycles. The van der Waals surface area contributed by atoms with E-state index in [4.69, 9.17) is 10.00 Å². The molecule has 4 heteroatoms. The summed E-state index contributed by atoms with van der Waals surface area (Å²) in [5, 5.41) is 8.92. The standard InChI is InChI=1S/C16H13Br2NO/c1-10(2)14-7-12(17)4-6-16(14)20-13-5-3-11(9-19)15(18)8-13/h3-8,10H,1-2H3. The van der Waals surface area contributed by atoms with Crippen molar-refractivity contribution >= 4 is 31.9 Å². The molecule has 0 aliphatic heterocycles. The molecule has 0 bridgehead atoms. The van der Waals surface area contributed by atoms with Crippen LogP contribution in [0.25, 0.3) is 0 Å². The molecule has 0 unspecified atom stereocenters. The summed E-state index contributed by atoms with van der Waals surface area (Å²) < 4.78 is 7.72. The highest BCUT2D eigenvalue weighted by Gasteiger charge is 2.10. The zero-order valence-electron chi connectivity index (χ0n) is 11.2. The lowest BCUT2D eigenvalue weighted by Crippen LogP contribution is -1.94. The highest BCUT2D eigenvalue weighted by atomic mass is 79.9. The summed E-state index contributed by atoms with van der Waals surface area (Å²) >= 11 is 6.85. The van der Waals surface area contributed by atoms with Gasteiger partial charge in [0.05, 0.1) is 5.56 Å². The van der Waals surface area contributed by atoms with Crippen molar-refractivity contribution in [2.24, 2.45) is 0 Å². The van der Waals surface area contributed by atoms with Crippen molar-refractivity contribution in [2.45, 2.75) is 19.8 Å². The first-order chi connectivity index (χ1) is 9.51. The fourth-order valence-electron chi connectivity index (χ4n) is 1.84. The van der Waals surface area contributed by atoms with E-state index in [1.807, 2.05) is 18.2 Å². The van der Waals surface area contributed by atoms with E-state index in [1.54, 1.807) is 12.1 Å². The lowest BCUT2D eigenvalue weighted by molar-refractivity contribution is 0.472. The molecule has 2 aromatic carbocycles. The molecule has 0 aliphatic carbocycles. The van der Waals surface area contributed by atoms with Crippen molar-refractivity contribution in [2.75, 3.05) is 0 Å². The van der Waals surface area contributed by atoms with Gasteiger partial charge in [0, 0.05) is 8.95 Å². The number of nitriles is 1. The molecule has 2 aromatic rings. The van der Waals surface area contributed by atoms with Crippen molar-refractivity contribution in [1.29, 1.82) is 5.26 Å². The van der Waals surface area contributed by atoms with Crippen LogP contribution in [0.1, 0.15) is 30.9 Å². The normalized spacial score (nSPS) is 10.4. The van der Waals surface area contributed by atoms with Gasteiger partial charge in [-0.15, -0.1) is 0 Å². The van der Waals surface area contributed by atoms with E-state index in [-0.39, 0.29) is 0 Å². The van der Waals surface area contributed by atoms with Gasteiger partial charge >= 0.3 is 0 Å². The first kappa shape index (κ1) is 15.1. The Balaban J connectivity index is 2.35. The number of ether oxygens (including phenoxy) is 1. The van der Waals surface area contributed by atoms with Crippen LogP contribution in [-0.4, -0.2) is 0 Å². The Labute approximate surface area is 135 Å². The van der Waals surface area contributed by atoms with Crippen LogP contribution in [0.15, 0.2) is 45.3 Å². The fraction of sp³-hybridized carbons (Fsp3) is 0.188. The molecule has 0 aliphatic rings. The van der Waals surface area contributed by atoms with Crippen molar-refractivity contribution in [3.8, 4) is 17.6 Å². The van der Waals surface area contributed by atoms with Crippen LogP contribution in [0, 0.1) is 11.3 Å². The Kier molecular flexibility index (Phi) is 4.85. The number of halogens is 2. The van der Waals surface area contributed by atoms with Gasteiger partial charge in [0.1, 0.15) is 17.6 Å². The van der Waals surface area contributed by atoms with Crippen molar-refractivity contribution in [3.05, 3.63) is 56.5 Å². The molecular weight excluding hydrogens is 382 g/mol. The third kappa shape index (κ3) is 3.41. The number of hydrogen-bond donors (Lipinski definition) is 0. The van der Waals surface area contributed by atoms with E-state index in [2.05, 4.69) is 57.8 Å². The highest BCUT2D eigenvalue weighted by Crippen LogP contribution is 2.34. The maximum absolute atomic E-state index is 8.92. The molecule has 102 valence electrons. The number of rotatable bonds is 3. The lowest BCUT2D eigenvalue weighted by atomic mass is 10.0. The molecule has 0 fully saturated rings. The third-order valence-corrected chi connectivity index (χ3v) is 4.03. The van der Waals surface area contributed by atoms with Crippen molar-refractivity contribution in [3.63, 3.8) is 0 Å². The maximum Gasteiger partial charge on any atom is 0.130 e. The Morgan fingerprint density at radius 2 is 1.85 bits per heavy atom. The predicted octanol–water partition coefficient (Wildman–Crippen LogP) is 6.00. The zero-order chi connectivity index (χ0) is 14.7. The minimum Gasteiger partial charge on any atom is -0.457 e. The van der Waals surface area contributed by atoms with E-state index in [0.29, 0.717) is 17.2 Å². The SMILES string of the molecule is CC(C)c1cc(Br)ccc1Oc1ccc(C#N)c(Br)c1. The highest BCUT2D eigenvalue weighted by molar-refractivity contribution is 9.10. The lowest BCUT2D eigenvalue weighted by Gasteiger charge is -2.14. The summed E-state index contributed by atoms with van der Waals surface area (Å²) in [4.78, 5) is 0. The van der Waals surface area contributed by atoms with Gasteiger partial charge in [0.2, 0.25) is 0 Å². The Morgan fingerprint density at radius 1 is 1.10 bits per heavy atom. The Bertz CT molecular complexity index is 675. The van der Waals surface area contributed by atoms with Crippen LogP contribution in [-0.2, 0) is 0 Å². The first-order valence-electron chi connectivity index (χ1n) is 6.18. The topological polar surface area (TPSA) is 33.0 Å². The summed E-state index contributed by atoms with van der Waals surface area (Å²) in [6.45, 7) is 4.26. The fourth-order valence-corrected chi connectivity index (χ4v) is 2.67. The van der Waals surface area contributed by atoms with E-state index in [9.17, 15) is 0 Å². The van der Waals surface area contributed by atoms with Gasteiger partial charge in [0.25, 0.3) is 0 Å². The molecule has 0 spiro atoms. The quantitative estimate of drug-likeness (QED) is 0.639. The second-order valence-electron chi connectivity index (χ2n) is 4.69. The molecule has 0 saturated carbocycles. The number of hydrogen-bond acceptors (Lipinski definition) is 2. The van der Waals surface area contributed by atoms with E-state index in [0.717, 1.165) is 20.3 Å². The van der Waals surface area contributed by atoms with E-state index < -0.39 is 0 Å². The monoisotopic (exact) mass is 393 g/mol. The molecule has 2 nitrogen and oxygen atoms in total. The summed E-state index contributed by atoms with van der Waals surface area (Å²) in [6, 6.07) is 13.4. The van der Waals surface area contributed by atoms with E-state index >= 15 is 0 Å². The van der Waals surface area contributed by atoms with Gasteiger partial charge in [-0.2, -0.15) is 5.26 Å². The van der Waals surface area contributed by atoms with Gasteiger partial charge in [0.15, 0.2) is 0 Å². The molecule has 2 rings (SSSR count). The molecular formula is C16H13Br2NO. The molecule has 0 amide bonds. The van der Waals surface area contributed by atoms with Crippen LogP contribution in [0.4, 0.5) is 0 Å². The molecule has 0 radical (unpaired) electrons. The predicted molar refractivity (Wildman–Crippen MR) is 87.2 cm³/mol. The van der Waals surface area contributed by atoms with Crippen LogP contribution in [0.2, 0.25) is 0 Å². The minimum absolute atomic E-state index is 0.365. The van der Waals surface area contributed by atoms with Crippen molar-refractivity contribution in [1.82, 2.24) is 0 Å². The molecule has 20 heavy (non-hydrogen) atoms. The van der Waals surface area contributed by atoms with E-state index in [1.165, 1.54) is 0 Å². The summed E-state index contributed by atoms with van der Waals surface area (Å²) in [6.07, 6.45) is 0. The number of benzene rings is 2. The van der Waals surface area contributed by atoms with Gasteiger partial charge in [-0.1, -0.05) is 29.8 Å².